The summed E-state index contributed by atoms with van der Waals surface area (Å²) in [5.41, 5.74) is -1.61. The first-order valence-electron chi connectivity index (χ1n) is 6.88. The second kappa shape index (κ2) is 5.67. The monoisotopic (exact) mass is 301 g/mol. The number of nitrogens with zero attached hydrogens (tertiary/aromatic N) is 1. The molecule has 21 heavy (non-hydrogen) atoms. The van der Waals surface area contributed by atoms with E-state index in [9.17, 15) is 23.1 Å². The number of hydrogen-bond acceptors (Lipinski definition) is 2. The minimum atomic E-state index is -4.46. The summed E-state index contributed by atoms with van der Waals surface area (Å²) >= 11 is 0. The van der Waals surface area contributed by atoms with Gasteiger partial charge in [-0.2, -0.15) is 13.2 Å². The highest BCUT2D eigenvalue weighted by Gasteiger charge is 2.32. The zero-order valence-electron chi connectivity index (χ0n) is 11.8. The van der Waals surface area contributed by atoms with Gasteiger partial charge >= 0.3 is 6.18 Å². The molecule has 1 heterocycles. The number of benzene rings is 1. The van der Waals surface area contributed by atoms with Crippen LogP contribution in [0.1, 0.15) is 42.1 Å². The van der Waals surface area contributed by atoms with Crippen LogP contribution in [0.5, 0.6) is 0 Å². The summed E-state index contributed by atoms with van der Waals surface area (Å²) < 4.78 is 38.0. The second-order valence-corrected chi connectivity index (χ2v) is 5.72. The molecule has 1 fully saturated rings. The third-order valence-corrected chi connectivity index (χ3v) is 3.79. The van der Waals surface area contributed by atoms with Gasteiger partial charge in [-0.3, -0.25) is 4.79 Å². The Morgan fingerprint density at radius 3 is 2.67 bits per heavy atom. The van der Waals surface area contributed by atoms with E-state index in [1.54, 1.807) is 6.92 Å². The fourth-order valence-corrected chi connectivity index (χ4v) is 2.48. The maximum atomic E-state index is 12.7. The molecule has 0 bridgehead atoms. The molecule has 0 saturated carbocycles. The predicted octanol–water partition coefficient (Wildman–Crippen LogP) is 3.08. The fraction of sp³-hybridized carbons (Fsp3) is 0.533. The van der Waals surface area contributed by atoms with Crippen molar-refractivity contribution in [1.82, 2.24) is 4.90 Å². The number of halogens is 3. The van der Waals surface area contributed by atoms with Crippen molar-refractivity contribution in [3.63, 3.8) is 0 Å². The van der Waals surface area contributed by atoms with E-state index in [1.807, 2.05) is 0 Å². The van der Waals surface area contributed by atoms with E-state index in [0.29, 0.717) is 32.4 Å². The highest BCUT2D eigenvalue weighted by Crippen LogP contribution is 2.30. The Balaban J connectivity index is 2.17. The first-order valence-corrected chi connectivity index (χ1v) is 6.88. The lowest BCUT2D eigenvalue weighted by molar-refractivity contribution is -0.137. The van der Waals surface area contributed by atoms with Crippen LogP contribution >= 0.6 is 0 Å². The molecule has 1 aliphatic rings. The molecule has 0 spiro atoms. The van der Waals surface area contributed by atoms with Gasteiger partial charge in [0.15, 0.2) is 0 Å². The van der Waals surface area contributed by atoms with E-state index in [1.165, 1.54) is 17.0 Å². The van der Waals surface area contributed by atoms with Gasteiger partial charge in [0.05, 0.1) is 11.2 Å². The Hall–Kier alpha value is -1.56. The number of alkyl halides is 3. The standard InChI is InChI=1S/C15H18F3NO2/c1-14(21)6-3-8-19(9-7-14)13(20)11-4-2-5-12(10-11)15(16,17)18/h2,4-5,10,21H,3,6-9H2,1H3. The number of carbonyl (C=O) groups excluding carboxylic acids is 1. The van der Waals surface area contributed by atoms with Gasteiger partial charge in [-0.25, -0.2) is 0 Å². The van der Waals surface area contributed by atoms with E-state index in [2.05, 4.69) is 0 Å². The van der Waals surface area contributed by atoms with Gasteiger partial charge in [0.25, 0.3) is 5.91 Å². The van der Waals surface area contributed by atoms with E-state index >= 15 is 0 Å². The summed E-state index contributed by atoms with van der Waals surface area (Å²) in [7, 11) is 0. The molecule has 1 saturated heterocycles. The first-order chi connectivity index (χ1) is 9.69. The molecule has 0 aliphatic carbocycles. The third-order valence-electron chi connectivity index (χ3n) is 3.79. The number of rotatable bonds is 1. The van der Waals surface area contributed by atoms with Crippen molar-refractivity contribution < 1.29 is 23.1 Å². The van der Waals surface area contributed by atoms with E-state index in [4.69, 9.17) is 0 Å². The average molecular weight is 301 g/mol. The molecule has 0 aromatic heterocycles. The molecular formula is C15H18F3NO2. The van der Waals surface area contributed by atoms with Crippen molar-refractivity contribution in [3.8, 4) is 0 Å². The minimum Gasteiger partial charge on any atom is -0.390 e. The third kappa shape index (κ3) is 3.97. The van der Waals surface area contributed by atoms with Crippen LogP contribution in [0.4, 0.5) is 13.2 Å². The maximum absolute atomic E-state index is 12.7. The number of carbonyl (C=O) groups is 1. The lowest BCUT2D eigenvalue weighted by atomic mass is 9.98. The molecule has 2 rings (SSSR count). The van der Waals surface area contributed by atoms with Gasteiger partial charge in [-0.1, -0.05) is 6.07 Å². The normalized spacial score (nSPS) is 23.8. The quantitative estimate of drug-likeness (QED) is 0.866. The molecule has 1 atom stereocenters. The zero-order valence-corrected chi connectivity index (χ0v) is 11.8. The summed E-state index contributed by atoms with van der Waals surface area (Å²) in [5, 5.41) is 9.99. The number of hydrogen-bond donors (Lipinski definition) is 1. The van der Waals surface area contributed by atoms with Crippen LogP contribution in [-0.4, -0.2) is 34.6 Å². The highest BCUT2D eigenvalue weighted by atomic mass is 19.4. The van der Waals surface area contributed by atoms with Gasteiger partial charge in [-0.15, -0.1) is 0 Å². The van der Waals surface area contributed by atoms with Crippen molar-refractivity contribution in [1.29, 1.82) is 0 Å². The van der Waals surface area contributed by atoms with Crippen LogP contribution in [0.25, 0.3) is 0 Å². The van der Waals surface area contributed by atoms with Gasteiger partial charge in [-0.05, 0) is 44.4 Å². The van der Waals surface area contributed by atoms with E-state index in [0.717, 1.165) is 12.1 Å². The number of aliphatic hydroxyl groups is 1. The topological polar surface area (TPSA) is 40.5 Å². The molecule has 1 aromatic carbocycles. The van der Waals surface area contributed by atoms with Crippen molar-refractivity contribution >= 4 is 5.91 Å². The molecule has 0 radical (unpaired) electrons. The van der Waals surface area contributed by atoms with Crippen LogP contribution < -0.4 is 0 Å². The Kier molecular flexibility index (Phi) is 4.27. The summed E-state index contributed by atoms with van der Waals surface area (Å²) in [6, 6.07) is 4.46. The molecule has 1 N–H and O–H groups in total. The molecule has 1 aromatic rings. The Labute approximate surface area is 121 Å². The average Bonchev–Trinajstić information content (AvgIpc) is 2.58. The lowest BCUT2D eigenvalue weighted by Gasteiger charge is -2.23. The van der Waals surface area contributed by atoms with Crippen molar-refractivity contribution in [3.05, 3.63) is 35.4 Å². The Morgan fingerprint density at radius 2 is 2.00 bits per heavy atom. The minimum absolute atomic E-state index is 0.0337. The largest absolute Gasteiger partial charge is 0.416 e. The van der Waals surface area contributed by atoms with Crippen LogP contribution in [0, 0.1) is 0 Å². The maximum Gasteiger partial charge on any atom is 0.416 e. The molecule has 3 nitrogen and oxygen atoms in total. The summed E-state index contributed by atoms with van der Waals surface area (Å²) in [5.74, 6) is -0.418. The van der Waals surface area contributed by atoms with Crippen molar-refractivity contribution in [2.24, 2.45) is 0 Å². The number of amides is 1. The second-order valence-electron chi connectivity index (χ2n) is 5.72. The van der Waals surface area contributed by atoms with E-state index in [-0.39, 0.29) is 5.56 Å². The van der Waals surface area contributed by atoms with Crippen molar-refractivity contribution in [2.45, 2.75) is 38.0 Å². The fourth-order valence-electron chi connectivity index (χ4n) is 2.48. The summed E-state index contributed by atoms with van der Waals surface area (Å²) in [4.78, 5) is 13.8. The predicted molar refractivity (Wildman–Crippen MR) is 71.8 cm³/mol. The van der Waals surface area contributed by atoms with Crippen LogP contribution in [0.15, 0.2) is 24.3 Å². The van der Waals surface area contributed by atoms with Gasteiger partial charge in [0, 0.05) is 18.7 Å². The molecule has 116 valence electrons. The number of likely N-dealkylation sites (tertiary alicyclic amines) is 1. The van der Waals surface area contributed by atoms with Crippen molar-refractivity contribution in [2.75, 3.05) is 13.1 Å². The van der Waals surface area contributed by atoms with Crippen LogP contribution in [0.3, 0.4) is 0 Å². The highest BCUT2D eigenvalue weighted by molar-refractivity contribution is 5.94. The van der Waals surface area contributed by atoms with E-state index < -0.39 is 23.2 Å². The Morgan fingerprint density at radius 1 is 1.29 bits per heavy atom. The summed E-state index contributed by atoms with van der Waals surface area (Å²) in [6.45, 7) is 2.51. The molecule has 6 heteroatoms. The van der Waals surface area contributed by atoms with Gasteiger partial charge < -0.3 is 10.0 Å². The molecular weight excluding hydrogens is 283 g/mol. The molecule has 1 amide bonds. The zero-order chi connectivity index (χ0) is 15.7. The molecule has 1 aliphatic heterocycles. The smallest absolute Gasteiger partial charge is 0.390 e. The van der Waals surface area contributed by atoms with Gasteiger partial charge in [0.2, 0.25) is 0 Å². The van der Waals surface area contributed by atoms with Crippen LogP contribution in [-0.2, 0) is 6.18 Å². The SMILES string of the molecule is CC1(O)CCCN(C(=O)c2cccc(C(F)(F)F)c2)CC1. The molecule has 1 unspecified atom stereocenters. The lowest BCUT2D eigenvalue weighted by Crippen LogP contribution is -2.33. The Bertz CT molecular complexity index is 526. The van der Waals surface area contributed by atoms with Crippen LogP contribution in [0.2, 0.25) is 0 Å². The van der Waals surface area contributed by atoms with Gasteiger partial charge in [0.1, 0.15) is 0 Å². The summed E-state index contributed by atoms with van der Waals surface area (Å²) in [6.07, 6.45) is -2.81. The first kappa shape index (κ1) is 15.8.